The maximum Gasteiger partial charge on any atom is 0.184 e. The Morgan fingerprint density at radius 2 is 1.85 bits per heavy atom. The second-order valence-corrected chi connectivity index (χ2v) is 9.49. The van der Waals surface area contributed by atoms with Crippen molar-refractivity contribution in [1.29, 1.82) is 5.26 Å². The molecule has 0 atom stereocenters. The van der Waals surface area contributed by atoms with E-state index in [4.69, 9.17) is 21.6 Å². The van der Waals surface area contributed by atoms with Gasteiger partial charge in [0.25, 0.3) is 0 Å². The van der Waals surface area contributed by atoms with Gasteiger partial charge >= 0.3 is 0 Å². The summed E-state index contributed by atoms with van der Waals surface area (Å²) in [5, 5.41) is 13.1. The molecule has 0 bridgehead atoms. The molecular weight excluding hydrogens is 374 g/mol. The van der Waals surface area contributed by atoms with Crippen molar-refractivity contribution in [2.24, 2.45) is 0 Å². The lowest BCUT2D eigenvalue weighted by molar-refractivity contribution is 0.468. The van der Waals surface area contributed by atoms with Crippen molar-refractivity contribution in [2.75, 3.05) is 5.21 Å². The molecule has 6 nitrogen and oxygen atoms in total. The van der Waals surface area contributed by atoms with Crippen LogP contribution in [-0.2, 0) is 15.7 Å². The Morgan fingerprint density at radius 3 is 2.38 bits per heavy atom. The van der Waals surface area contributed by atoms with E-state index in [0.29, 0.717) is 23.0 Å². The zero-order valence-corrected chi connectivity index (χ0v) is 15.6. The van der Waals surface area contributed by atoms with Gasteiger partial charge in [-0.25, -0.2) is 13.1 Å². The summed E-state index contributed by atoms with van der Waals surface area (Å²) in [6, 6.07) is 8.98. The summed E-state index contributed by atoms with van der Waals surface area (Å²) >= 11 is 5.58. The Hall–Kier alpha value is -2.04. The lowest BCUT2D eigenvalue weighted by atomic mass is 10.2. The topological polar surface area (TPSA) is 85.0 Å². The van der Waals surface area contributed by atoms with Gasteiger partial charge in [-0.3, -0.25) is 0 Å². The number of halogens is 1. The van der Waals surface area contributed by atoms with Gasteiger partial charge < -0.3 is 4.74 Å². The van der Waals surface area contributed by atoms with E-state index in [0.717, 1.165) is 37.1 Å². The Labute approximate surface area is 157 Å². The smallest absolute Gasteiger partial charge is 0.184 e. The molecule has 2 aliphatic carbocycles. The number of nitriles is 1. The van der Waals surface area contributed by atoms with Crippen LogP contribution in [0.1, 0.15) is 54.5 Å². The van der Waals surface area contributed by atoms with Gasteiger partial charge in [0.2, 0.25) is 0 Å². The molecule has 0 aliphatic heterocycles. The first kappa shape index (κ1) is 17.4. The molecule has 0 amide bonds. The number of nitrogens with zero attached hydrogens (tertiary/aromatic N) is 3. The monoisotopic (exact) mass is 391 g/mol. The van der Waals surface area contributed by atoms with Gasteiger partial charge in [-0.15, -0.1) is 11.6 Å². The van der Waals surface area contributed by atoms with Crippen molar-refractivity contribution >= 4 is 21.4 Å². The molecule has 0 spiro atoms. The number of alkyl halides is 1. The van der Waals surface area contributed by atoms with Gasteiger partial charge in [0.1, 0.15) is 22.5 Å². The second-order valence-electron chi connectivity index (χ2n) is 6.87. The van der Waals surface area contributed by atoms with E-state index in [1.54, 1.807) is 28.9 Å². The highest BCUT2D eigenvalue weighted by Crippen LogP contribution is 2.52. The summed E-state index contributed by atoms with van der Waals surface area (Å²) in [7, 11) is -3.42. The van der Waals surface area contributed by atoms with E-state index >= 15 is 0 Å². The van der Waals surface area contributed by atoms with Gasteiger partial charge in [-0.05, 0) is 49.9 Å². The number of aromatic nitrogens is 2. The SMILES string of the molecule is N#Cc1ccc(Oc2c(C3CC3)nn(CS(=O)(=O)CCl)c2C2CC2)cc1. The molecule has 0 N–H and O–H groups in total. The summed E-state index contributed by atoms with van der Waals surface area (Å²) in [6.07, 6.45) is 4.07. The fourth-order valence-corrected chi connectivity index (χ4v) is 3.84. The van der Waals surface area contributed by atoms with E-state index in [1.807, 2.05) is 0 Å². The van der Waals surface area contributed by atoms with Crippen molar-refractivity contribution in [1.82, 2.24) is 9.78 Å². The van der Waals surface area contributed by atoms with Crippen LogP contribution in [0.15, 0.2) is 24.3 Å². The molecule has 0 unspecified atom stereocenters. The van der Waals surface area contributed by atoms with Crippen LogP contribution in [0.4, 0.5) is 0 Å². The highest BCUT2D eigenvalue weighted by atomic mass is 35.5. The fourth-order valence-electron chi connectivity index (χ4n) is 2.99. The maximum absolute atomic E-state index is 12.0. The summed E-state index contributed by atoms with van der Waals surface area (Å²) in [4.78, 5) is 0. The van der Waals surface area contributed by atoms with E-state index in [-0.39, 0.29) is 11.8 Å². The van der Waals surface area contributed by atoms with Crippen LogP contribution in [-0.4, -0.2) is 23.4 Å². The van der Waals surface area contributed by atoms with Crippen molar-refractivity contribution in [3.8, 4) is 17.6 Å². The van der Waals surface area contributed by atoms with Gasteiger partial charge in [0, 0.05) is 11.8 Å². The normalized spacial score (nSPS) is 17.1. The average molecular weight is 392 g/mol. The quantitative estimate of drug-likeness (QED) is 0.669. The number of hydrogen-bond acceptors (Lipinski definition) is 5. The third kappa shape index (κ3) is 3.57. The van der Waals surface area contributed by atoms with Gasteiger partial charge in [0.15, 0.2) is 15.6 Å². The molecule has 2 aromatic rings. The zero-order chi connectivity index (χ0) is 18.3. The molecule has 136 valence electrons. The van der Waals surface area contributed by atoms with Crippen LogP contribution in [0.5, 0.6) is 11.5 Å². The minimum atomic E-state index is -3.42. The first-order valence-corrected chi connectivity index (χ1v) is 10.9. The molecule has 2 saturated carbocycles. The highest BCUT2D eigenvalue weighted by molar-refractivity contribution is 7.91. The van der Waals surface area contributed by atoms with Gasteiger partial charge in [-0.1, -0.05) is 0 Å². The molecule has 4 rings (SSSR count). The number of hydrogen-bond donors (Lipinski definition) is 0. The number of ether oxygens (including phenoxy) is 1. The molecule has 0 radical (unpaired) electrons. The van der Waals surface area contributed by atoms with E-state index in [1.165, 1.54) is 0 Å². The summed E-state index contributed by atoms with van der Waals surface area (Å²) in [5.41, 5.74) is 2.25. The van der Waals surface area contributed by atoms with Crippen molar-refractivity contribution in [3.05, 3.63) is 41.2 Å². The van der Waals surface area contributed by atoms with Crippen molar-refractivity contribution in [2.45, 2.75) is 43.4 Å². The molecule has 1 aromatic carbocycles. The highest BCUT2D eigenvalue weighted by Gasteiger charge is 2.39. The van der Waals surface area contributed by atoms with Crippen LogP contribution in [0.25, 0.3) is 0 Å². The molecular formula is C18H18ClN3O3S. The van der Waals surface area contributed by atoms with E-state index in [9.17, 15) is 8.42 Å². The van der Waals surface area contributed by atoms with Crippen LogP contribution in [0.3, 0.4) is 0 Å². The lowest BCUT2D eigenvalue weighted by Crippen LogP contribution is -2.15. The average Bonchev–Trinajstić information content (AvgIpc) is 3.54. The lowest BCUT2D eigenvalue weighted by Gasteiger charge is -2.10. The van der Waals surface area contributed by atoms with Crippen LogP contribution in [0, 0.1) is 11.3 Å². The Bertz CT molecular complexity index is 968. The predicted molar refractivity (Wildman–Crippen MR) is 97.0 cm³/mol. The molecule has 26 heavy (non-hydrogen) atoms. The molecule has 8 heteroatoms. The summed E-state index contributed by atoms with van der Waals surface area (Å²) in [5.74, 6) is 1.67. The number of benzene rings is 1. The Balaban J connectivity index is 1.74. The molecule has 2 fully saturated rings. The first-order chi connectivity index (χ1) is 12.5. The summed E-state index contributed by atoms with van der Waals surface area (Å²) in [6.45, 7) is 0. The predicted octanol–water partition coefficient (Wildman–Crippen LogP) is 3.87. The van der Waals surface area contributed by atoms with Gasteiger partial charge in [-0.2, -0.15) is 10.4 Å². The second kappa shape index (κ2) is 6.60. The molecule has 1 aromatic heterocycles. The van der Waals surface area contributed by atoms with Crippen molar-refractivity contribution < 1.29 is 13.2 Å². The number of rotatable bonds is 7. The maximum atomic E-state index is 12.0. The third-order valence-electron chi connectivity index (χ3n) is 4.59. The minimum absolute atomic E-state index is 0.223. The largest absolute Gasteiger partial charge is 0.453 e. The van der Waals surface area contributed by atoms with E-state index < -0.39 is 15.0 Å². The van der Waals surface area contributed by atoms with Gasteiger partial charge in [0.05, 0.1) is 17.3 Å². The Kier molecular flexibility index (Phi) is 4.41. The zero-order valence-electron chi connectivity index (χ0n) is 14.1. The standard InChI is InChI=1S/C18H18ClN3O3S/c19-10-26(23,24)11-22-17(14-5-6-14)18(16(21-22)13-3-4-13)25-15-7-1-12(9-20)2-8-15/h1-2,7-8,13-14H,3-6,10-11H2. The number of sulfone groups is 1. The summed E-state index contributed by atoms with van der Waals surface area (Å²) < 4.78 is 31.8. The van der Waals surface area contributed by atoms with Crippen LogP contribution >= 0.6 is 11.6 Å². The van der Waals surface area contributed by atoms with E-state index in [2.05, 4.69) is 11.2 Å². The Morgan fingerprint density at radius 1 is 1.19 bits per heavy atom. The minimum Gasteiger partial charge on any atom is -0.453 e. The van der Waals surface area contributed by atoms with Crippen LogP contribution < -0.4 is 4.74 Å². The van der Waals surface area contributed by atoms with Crippen molar-refractivity contribution in [3.63, 3.8) is 0 Å². The molecule has 2 aliphatic rings. The molecule has 1 heterocycles. The fraction of sp³-hybridized carbons (Fsp3) is 0.444. The first-order valence-electron chi connectivity index (χ1n) is 8.55. The third-order valence-corrected chi connectivity index (χ3v) is 6.56. The molecule has 0 saturated heterocycles. The van der Waals surface area contributed by atoms with Crippen LogP contribution in [0.2, 0.25) is 0 Å².